The van der Waals surface area contributed by atoms with E-state index in [0.717, 1.165) is 46.9 Å². The first kappa shape index (κ1) is 18.4. The highest BCUT2D eigenvalue weighted by molar-refractivity contribution is 6.30. The fourth-order valence-corrected chi connectivity index (χ4v) is 3.32. The number of hydrogen-bond acceptors (Lipinski definition) is 3. The summed E-state index contributed by atoms with van der Waals surface area (Å²) < 4.78 is 1.89. The predicted molar refractivity (Wildman–Crippen MR) is 114 cm³/mol. The van der Waals surface area contributed by atoms with Gasteiger partial charge in [-0.05, 0) is 55.3 Å². The van der Waals surface area contributed by atoms with Gasteiger partial charge in [-0.3, -0.25) is 4.79 Å². The standard InChI is InChI=1S/C22H21ClN4O/c1-3-4-11-27-21-18(13-16-6-5-14(2)12-19(16)24-21)20(26-27)25-22(28)15-7-9-17(23)10-8-15/h5-10,12-13H,3-4,11H2,1-2H3,(H,25,26,28). The fourth-order valence-electron chi connectivity index (χ4n) is 3.20. The van der Waals surface area contributed by atoms with Crippen molar-refractivity contribution < 1.29 is 4.79 Å². The molecule has 0 atom stereocenters. The van der Waals surface area contributed by atoms with Crippen LogP contribution in [-0.4, -0.2) is 20.7 Å². The minimum absolute atomic E-state index is 0.220. The van der Waals surface area contributed by atoms with Crippen LogP contribution in [0.5, 0.6) is 0 Å². The Morgan fingerprint density at radius 3 is 2.68 bits per heavy atom. The lowest BCUT2D eigenvalue weighted by atomic mass is 10.1. The average Bonchev–Trinajstić information content (AvgIpc) is 3.01. The number of carbonyl (C=O) groups is 1. The summed E-state index contributed by atoms with van der Waals surface area (Å²) in [6.45, 7) is 4.95. The van der Waals surface area contributed by atoms with Crippen molar-refractivity contribution in [2.45, 2.75) is 33.2 Å². The Labute approximate surface area is 168 Å². The molecule has 2 heterocycles. The van der Waals surface area contributed by atoms with E-state index in [-0.39, 0.29) is 5.91 Å². The number of hydrogen-bond donors (Lipinski definition) is 1. The van der Waals surface area contributed by atoms with E-state index in [1.165, 1.54) is 0 Å². The van der Waals surface area contributed by atoms with Crippen molar-refractivity contribution in [3.8, 4) is 0 Å². The van der Waals surface area contributed by atoms with Gasteiger partial charge >= 0.3 is 0 Å². The van der Waals surface area contributed by atoms with E-state index in [2.05, 4.69) is 36.4 Å². The Morgan fingerprint density at radius 1 is 1.14 bits per heavy atom. The first-order valence-electron chi connectivity index (χ1n) is 9.40. The number of nitrogens with one attached hydrogen (secondary N) is 1. The van der Waals surface area contributed by atoms with Gasteiger partial charge in [-0.2, -0.15) is 5.10 Å². The monoisotopic (exact) mass is 392 g/mol. The lowest BCUT2D eigenvalue weighted by Gasteiger charge is -2.04. The van der Waals surface area contributed by atoms with Crippen molar-refractivity contribution in [2.24, 2.45) is 0 Å². The minimum atomic E-state index is -0.220. The summed E-state index contributed by atoms with van der Waals surface area (Å²) in [5.41, 5.74) is 3.42. The highest BCUT2D eigenvalue weighted by Gasteiger charge is 2.16. The topological polar surface area (TPSA) is 59.8 Å². The van der Waals surface area contributed by atoms with E-state index < -0.39 is 0 Å². The van der Waals surface area contributed by atoms with Crippen LogP contribution in [0.1, 0.15) is 35.7 Å². The van der Waals surface area contributed by atoms with Crippen LogP contribution in [-0.2, 0) is 6.54 Å². The summed E-state index contributed by atoms with van der Waals surface area (Å²) in [6, 6.07) is 15.0. The smallest absolute Gasteiger partial charge is 0.256 e. The van der Waals surface area contributed by atoms with E-state index in [1.807, 2.05) is 16.8 Å². The maximum absolute atomic E-state index is 12.7. The van der Waals surface area contributed by atoms with E-state index >= 15 is 0 Å². The summed E-state index contributed by atoms with van der Waals surface area (Å²) in [6.07, 6.45) is 2.05. The molecule has 4 rings (SSSR count). The molecule has 0 spiro atoms. The number of carbonyl (C=O) groups excluding carboxylic acids is 1. The molecule has 142 valence electrons. The number of anilines is 1. The third-order valence-corrected chi connectivity index (χ3v) is 4.99. The third kappa shape index (κ3) is 3.58. The van der Waals surface area contributed by atoms with Gasteiger partial charge in [0.25, 0.3) is 5.91 Å². The zero-order valence-electron chi connectivity index (χ0n) is 15.9. The normalized spacial score (nSPS) is 11.2. The van der Waals surface area contributed by atoms with E-state index in [1.54, 1.807) is 24.3 Å². The second-order valence-corrected chi connectivity index (χ2v) is 7.38. The van der Waals surface area contributed by atoms with Crippen molar-refractivity contribution in [3.05, 3.63) is 64.7 Å². The number of benzene rings is 2. The first-order chi connectivity index (χ1) is 13.5. The second-order valence-electron chi connectivity index (χ2n) is 6.94. The maximum atomic E-state index is 12.7. The van der Waals surface area contributed by atoms with Crippen LogP contribution in [0.2, 0.25) is 5.02 Å². The van der Waals surface area contributed by atoms with Crippen LogP contribution in [0.15, 0.2) is 48.5 Å². The molecule has 1 amide bonds. The third-order valence-electron chi connectivity index (χ3n) is 4.74. The van der Waals surface area contributed by atoms with Gasteiger partial charge in [-0.25, -0.2) is 9.67 Å². The van der Waals surface area contributed by atoms with Crippen LogP contribution in [0.4, 0.5) is 5.82 Å². The van der Waals surface area contributed by atoms with Crippen LogP contribution < -0.4 is 5.32 Å². The molecule has 0 unspecified atom stereocenters. The number of fused-ring (bicyclic) bond motifs is 2. The molecule has 1 N–H and O–H groups in total. The highest BCUT2D eigenvalue weighted by Crippen LogP contribution is 2.27. The molecule has 0 bridgehead atoms. The molecular formula is C22H21ClN4O. The molecule has 0 aliphatic carbocycles. The van der Waals surface area contributed by atoms with Crippen LogP contribution >= 0.6 is 11.6 Å². The number of unbranched alkanes of at least 4 members (excludes halogenated alkanes) is 1. The summed E-state index contributed by atoms with van der Waals surface area (Å²) in [5, 5.41) is 10.1. The molecule has 0 aliphatic rings. The van der Waals surface area contributed by atoms with Crippen molar-refractivity contribution in [1.29, 1.82) is 0 Å². The number of aromatic nitrogens is 3. The van der Waals surface area contributed by atoms with Gasteiger partial charge in [0.05, 0.1) is 10.9 Å². The molecule has 6 heteroatoms. The number of pyridine rings is 1. The van der Waals surface area contributed by atoms with Gasteiger partial charge in [-0.1, -0.05) is 37.1 Å². The molecular weight excluding hydrogens is 372 g/mol. The quantitative estimate of drug-likeness (QED) is 0.481. The van der Waals surface area contributed by atoms with Crippen LogP contribution in [0, 0.1) is 6.92 Å². The predicted octanol–water partition coefficient (Wildman–Crippen LogP) is 5.60. The first-order valence-corrected chi connectivity index (χ1v) is 9.78. The zero-order chi connectivity index (χ0) is 19.7. The zero-order valence-corrected chi connectivity index (χ0v) is 16.6. The summed E-state index contributed by atoms with van der Waals surface area (Å²) in [5.74, 6) is 0.309. The van der Waals surface area contributed by atoms with Crippen LogP contribution in [0.3, 0.4) is 0 Å². The van der Waals surface area contributed by atoms with E-state index in [0.29, 0.717) is 16.4 Å². The number of halogens is 1. The lowest BCUT2D eigenvalue weighted by Crippen LogP contribution is -2.12. The number of aryl methyl sites for hydroxylation is 2. The molecule has 2 aromatic heterocycles. The Morgan fingerprint density at radius 2 is 1.93 bits per heavy atom. The maximum Gasteiger partial charge on any atom is 0.256 e. The van der Waals surface area contributed by atoms with Crippen molar-refractivity contribution in [1.82, 2.24) is 14.8 Å². The van der Waals surface area contributed by atoms with Crippen molar-refractivity contribution >= 4 is 45.3 Å². The van der Waals surface area contributed by atoms with Gasteiger partial charge in [0.2, 0.25) is 0 Å². The molecule has 28 heavy (non-hydrogen) atoms. The van der Waals surface area contributed by atoms with E-state index in [4.69, 9.17) is 16.6 Å². The van der Waals surface area contributed by atoms with Gasteiger partial charge < -0.3 is 5.32 Å². The van der Waals surface area contributed by atoms with Gasteiger partial charge in [0.1, 0.15) is 0 Å². The van der Waals surface area contributed by atoms with Gasteiger partial charge in [-0.15, -0.1) is 0 Å². The van der Waals surface area contributed by atoms with Gasteiger partial charge in [0.15, 0.2) is 11.5 Å². The van der Waals surface area contributed by atoms with E-state index in [9.17, 15) is 4.79 Å². The Kier molecular flexibility index (Phi) is 5.01. The summed E-state index contributed by atoms with van der Waals surface area (Å²) in [7, 11) is 0. The molecule has 4 aromatic rings. The average molecular weight is 393 g/mol. The summed E-state index contributed by atoms with van der Waals surface area (Å²) >= 11 is 5.92. The van der Waals surface area contributed by atoms with Gasteiger partial charge in [0, 0.05) is 22.5 Å². The molecule has 0 fully saturated rings. The fraction of sp³-hybridized carbons (Fsp3) is 0.227. The minimum Gasteiger partial charge on any atom is -0.305 e. The molecule has 0 saturated heterocycles. The SMILES string of the molecule is CCCCn1nc(NC(=O)c2ccc(Cl)cc2)c2cc3ccc(C)cc3nc21. The molecule has 0 radical (unpaired) electrons. The molecule has 0 aliphatic heterocycles. The van der Waals surface area contributed by atoms with Crippen LogP contribution in [0.25, 0.3) is 21.9 Å². The molecule has 2 aromatic carbocycles. The number of amides is 1. The van der Waals surface area contributed by atoms with Crippen molar-refractivity contribution in [3.63, 3.8) is 0 Å². The largest absolute Gasteiger partial charge is 0.305 e. The second kappa shape index (κ2) is 7.60. The Hall–Kier alpha value is -2.92. The molecule has 0 saturated carbocycles. The highest BCUT2D eigenvalue weighted by atomic mass is 35.5. The Bertz CT molecular complexity index is 1160. The lowest BCUT2D eigenvalue weighted by molar-refractivity contribution is 0.102. The number of rotatable bonds is 5. The molecule has 5 nitrogen and oxygen atoms in total. The van der Waals surface area contributed by atoms with Crippen molar-refractivity contribution in [2.75, 3.05) is 5.32 Å². The summed E-state index contributed by atoms with van der Waals surface area (Å²) in [4.78, 5) is 17.5. The Balaban J connectivity index is 1.79. The number of nitrogens with zero attached hydrogens (tertiary/aromatic N) is 3.